The molecule has 0 saturated carbocycles. The fraction of sp³-hybridized carbons (Fsp3) is 0.100. The molecule has 0 unspecified atom stereocenters. The summed E-state index contributed by atoms with van der Waals surface area (Å²) in [7, 11) is -3.81. The second-order valence-electron chi connectivity index (χ2n) is 5.76. The van der Waals surface area contributed by atoms with Gasteiger partial charge in [0.05, 0.1) is 0 Å². The molecule has 0 heterocycles. The Balaban J connectivity index is 2.03. The normalized spacial score (nSPS) is 11.6. The van der Waals surface area contributed by atoms with E-state index in [0.29, 0.717) is 5.56 Å². The summed E-state index contributed by atoms with van der Waals surface area (Å²) in [5, 5.41) is 0. The molecule has 3 aromatic carbocycles. The summed E-state index contributed by atoms with van der Waals surface area (Å²) in [5.74, 6) is 0. The van der Waals surface area contributed by atoms with Crippen molar-refractivity contribution in [3.05, 3.63) is 90.0 Å². The first-order valence-electron chi connectivity index (χ1n) is 7.89. The molecule has 0 atom stereocenters. The second-order valence-corrected chi connectivity index (χ2v) is 15.3. The maximum atomic E-state index is 13.0. The molecule has 3 aromatic rings. The van der Waals surface area contributed by atoms with Crippen LogP contribution in [0.1, 0.15) is 11.1 Å². The zero-order valence-corrected chi connectivity index (χ0v) is 18.4. The quantitative estimate of drug-likeness (QED) is 0.461. The van der Waals surface area contributed by atoms with Crippen molar-refractivity contribution in [1.29, 1.82) is 0 Å². The summed E-state index contributed by atoms with van der Waals surface area (Å²) in [5.41, 5.74) is 1.74. The van der Waals surface area contributed by atoms with Gasteiger partial charge in [0.1, 0.15) is 0 Å². The first-order valence-corrected chi connectivity index (χ1v) is 14.2. The van der Waals surface area contributed by atoms with Gasteiger partial charge in [-0.15, -0.1) is 0 Å². The van der Waals surface area contributed by atoms with Crippen molar-refractivity contribution in [2.24, 2.45) is 0 Å². The maximum absolute atomic E-state index is 13.0. The summed E-state index contributed by atoms with van der Waals surface area (Å²) < 4.78 is 33.8. The topological polar surface area (TPSA) is 43.4 Å². The van der Waals surface area contributed by atoms with E-state index < -0.39 is 32.3 Å². The van der Waals surface area contributed by atoms with Crippen molar-refractivity contribution >= 4 is 38.9 Å². The first-order chi connectivity index (χ1) is 12.0. The van der Waals surface area contributed by atoms with Crippen molar-refractivity contribution in [1.82, 2.24) is 0 Å². The van der Waals surface area contributed by atoms with E-state index in [0.717, 1.165) is 12.1 Å². The minimum absolute atomic E-state index is 0.255. The third-order valence-electron chi connectivity index (χ3n) is 3.75. The summed E-state index contributed by atoms with van der Waals surface area (Å²) in [6.07, 6.45) is 0. The Morgan fingerprint density at radius 3 is 1.76 bits per heavy atom. The summed E-state index contributed by atoms with van der Waals surface area (Å²) in [6.45, 7) is 3.75. The van der Waals surface area contributed by atoms with Crippen LogP contribution in [0.3, 0.4) is 0 Å². The van der Waals surface area contributed by atoms with E-state index in [4.69, 9.17) is 2.26 Å². The number of hydrogen-bond acceptors (Lipinski definition) is 3. The van der Waals surface area contributed by atoms with Crippen LogP contribution in [-0.4, -0.2) is 30.6 Å². The molecule has 0 aromatic heterocycles. The van der Waals surface area contributed by atoms with Gasteiger partial charge in [-0.05, 0) is 0 Å². The summed E-state index contributed by atoms with van der Waals surface area (Å²) >= 11 is -3.15. The SMILES string of the molecule is Cc1ccc(S(=O)(=O)[O][Bi]([c]2ccccc2)[c]2ccccc2)c(C)c1. The zero-order valence-electron chi connectivity index (χ0n) is 14.1. The molecule has 0 radical (unpaired) electrons. The molecule has 0 bridgehead atoms. The van der Waals surface area contributed by atoms with Crippen LogP contribution in [0, 0.1) is 13.8 Å². The molecule has 0 aliphatic rings. The minimum atomic E-state index is -3.81. The van der Waals surface area contributed by atoms with Crippen LogP contribution in [0.25, 0.3) is 0 Å². The molecular weight excluding hydrogens is 529 g/mol. The van der Waals surface area contributed by atoms with Crippen LogP contribution >= 0.6 is 0 Å². The average molecular weight is 548 g/mol. The van der Waals surface area contributed by atoms with Crippen LogP contribution < -0.4 is 6.54 Å². The van der Waals surface area contributed by atoms with E-state index in [2.05, 4.69) is 0 Å². The van der Waals surface area contributed by atoms with Gasteiger partial charge in [-0.25, -0.2) is 0 Å². The number of rotatable bonds is 5. The van der Waals surface area contributed by atoms with Crippen molar-refractivity contribution in [2.45, 2.75) is 18.7 Å². The number of benzene rings is 3. The number of aryl methyl sites for hydroxylation is 2. The van der Waals surface area contributed by atoms with Gasteiger partial charge in [0, 0.05) is 0 Å². The molecule has 3 nitrogen and oxygen atoms in total. The second kappa shape index (κ2) is 7.78. The standard InChI is InChI=1S/C8H10O3S.2C6H5.Bi/c1-6-3-4-8(7(2)5-6)12(9,10)11;2*1-2-4-6-5-3-1;/h3-5H,1-2H3,(H,9,10,11);2*1-5H;/q;;;+1/p-1. The molecule has 0 saturated heterocycles. The molecule has 0 N–H and O–H groups in total. The molecule has 3 rings (SSSR count). The third kappa shape index (κ3) is 4.35. The van der Waals surface area contributed by atoms with E-state index in [1.165, 1.54) is 0 Å². The molecule has 0 fully saturated rings. The van der Waals surface area contributed by atoms with Crippen LogP contribution in [0.4, 0.5) is 0 Å². The van der Waals surface area contributed by atoms with Gasteiger partial charge in [0.2, 0.25) is 0 Å². The monoisotopic (exact) mass is 548 g/mol. The van der Waals surface area contributed by atoms with E-state index in [-0.39, 0.29) is 4.90 Å². The Morgan fingerprint density at radius 2 is 1.28 bits per heavy atom. The fourth-order valence-corrected chi connectivity index (χ4v) is 13.6. The van der Waals surface area contributed by atoms with Gasteiger partial charge in [0.15, 0.2) is 0 Å². The van der Waals surface area contributed by atoms with E-state index in [1.807, 2.05) is 73.7 Å². The molecule has 25 heavy (non-hydrogen) atoms. The van der Waals surface area contributed by atoms with Crippen molar-refractivity contribution in [3.8, 4) is 0 Å². The van der Waals surface area contributed by atoms with Gasteiger partial charge in [0.25, 0.3) is 0 Å². The van der Waals surface area contributed by atoms with Gasteiger partial charge >= 0.3 is 158 Å². The Kier molecular flexibility index (Phi) is 5.68. The molecule has 0 amide bonds. The number of hydrogen-bond donors (Lipinski definition) is 0. The van der Waals surface area contributed by atoms with E-state index >= 15 is 0 Å². The average Bonchev–Trinajstić information content (AvgIpc) is 2.61. The predicted molar refractivity (Wildman–Crippen MR) is 102 cm³/mol. The Labute approximate surface area is 157 Å². The van der Waals surface area contributed by atoms with Gasteiger partial charge in [-0.1, -0.05) is 0 Å². The van der Waals surface area contributed by atoms with E-state index in [1.54, 1.807) is 19.1 Å². The predicted octanol–water partition coefficient (Wildman–Crippen LogP) is 2.81. The Hall–Kier alpha value is -1.55. The van der Waals surface area contributed by atoms with Crippen molar-refractivity contribution in [2.75, 3.05) is 0 Å². The third-order valence-corrected chi connectivity index (χ3v) is 15.1. The van der Waals surface area contributed by atoms with Crippen LogP contribution in [-0.2, 0) is 12.4 Å². The van der Waals surface area contributed by atoms with Gasteiger partial charge in [-0.3, -0.25) is 0 Å². The zero-order chi connectivity index (χ0) is 17.9. The molecule has 0 spiro atoms. The Bertz CT molecular complexity index is 915. The molecular formula is C20H19BiO3S. The van der Waals surface area contributed by atoms with E-state index in [9.17, 15) is 8.42 Å². The molecule has 0 aliphatic heterocycles. The van der Waals surface area contributed by atoms with Gasteiger partial charge in [-0.2, -0.15) is 0 Å². The fourth-order valence-electron chi connectivity index (χ4n) is 2.58. The van der Waals surface area contributed by atoms with Crippen molar-refractivity contribution in [3.63, 3.8) is 0 Å². The summed E-state index contributed by atoms with van der Waals surface area (Å²) in [4.78, 5) is 0.255. The van der Waals surface area contributed by atoms with Crippen LogP contribution in [0.15, 0.2) is 83.8 Å². The van der Waals surface area contributed by atoms with Gasteiger partial charge < -0.3 is 0 Å². The van der Waals surface area contributed by atoms with Crippen LogP contribution in [0.2, 0.25) is 0 Å². The van der Waals surface area contributed by atoms with Crippen LogP contribution in [0.5, 0.6) is 0 Å². The molecule has 5 heteroatoms. The molecule has 128 valence electrons. The van der Waals surface area contributed by atoms with Crippen molar-refractivity contribution < 1.29 is 10.7 Å². The Morgan fingerprint density at radius 1 is 0.760 bits per heavy atom. The first kappa shape index (κ1) is 18.3. The summed E-state index contributed by atoms with van der Waals surface area (Å²) in [6, 6.07) is 24.7. The molecule has 0 aliphatic carbocycles.